The lowest BCUT2D eigenvalue weighted by Gasteiger charge is -2.38. The van der Waals surface area contributed by atoms with Crippen LogP contribution in [0.4, 0.5) is 11.4 Å². The smallest absolute Gasteiger partial charge is 0.0711 e. The molecule has 0 N–H and O–H groups in total. The highest BCUT2D eigenvalue weighted by Crippen LogP contribution is 2.29. The second-order valence-corrected chi connectivity index (χ2v) is 6.97. The Morgan fingerprint density at radius 1 is 0.727 bits per heavy atom. The number of nitrogens with zero attached hydrogens (tertiary/aromatic N) is 2. The van der Waals surface area contributed by atoms with E-state index in [0.717, 1.165) is 13.1 Å². The van der Waals surface area contributed by atoms with Gasteiger partial charge in [0.25, 0.3) is 0 Å². The van der Waals surface area contributed by atoms with Crippen molar-refractivity contribution < 1.29 is 0 Å². The standard InChI is InChI=1S/C18H18I2N2/c1-3-13-21(17-11-7-5-9-15(17)19)22(14-4-2)18-12-8-6-10-16(18)20/h3-12H,1-2,13-14H2. The molecule has 0 aliphatic heterocycles. The molecule has 0 amide bonds. The predicted molar refractivity (Wildman–Crippen MR) is 113 cm³/mol. The second-order valence-electron chi connectivity index (χ2n) is 4.64. The van der Waals surface area contributed by atoms with Crippen LogP contribution in [-0.4, -0.2) is 13.1 Å². The van der Waals surface area contributed by atoms with Crippen LogP contribution in [0.15, 0.2) is 73.8 Å². The van der Waals surface area contributed by atoms with Crippen molar-refractivity contribution in [3.63, 3.8) is 0 Å². The largest absolute Gasteiger partial charge is 0.280 e. The third-order valence-corrected chi connectivity index (χ3v) is 4.98. The summed E-state index contributed by atoms with van der Waals surface area (Å²) in [5, 5.41) is 4.49. The van der Waals surface area contributed by atoms with Gasteiger partial charge in [0.1, 0.15) is 0 Å². The molecule has 2 rings (SSSR count). The fraction of sp³-hybridized carbons (Fsp3) is 0.111. The molecular formula is C18H18I2N2. The van der Waals surface area contributed by atoms with Gasteiger partial charge < -0.3 is 0 Å². The molecular weight excluding hydrogens is 498 g/mol. The molecule has 0 saturated carbocycles. The van der Waals surface area contributed by atoms with Gasteiger partial charge in [-0.25, -0.2) is 0 Å². The fourth-order valence-corrected chi connectivity index (χ4v) is 3.55. The maximum Gasteiger partial charge on any atom is 0.0711 e. The minimum absolute atomic E-state index is 0.735. The molecule has 2 nitrogen and oxygen atoms in total. The van der Waals surface area contributed by atoms with Crippen LogP contribution in [-0.2, 0) is 0 Å². The quantitative estimate of drug-likeness (QED) is 0.273. The number of anilines is 2. The molecule has 0 unspecified atom stereocenters. The SMILES string of the molecule is C=CCN(c1ccccc1I)N(CC=C)c1ccccc1I. The van der Waals surface area contributed by atoms with E-state index >= 15 is 0 Å². The van der Waals surface area contributed by atoms with Gasteiger partial charge in [0.05, 0.1) is 24.5 Å². The van der Waals surface area contributed by atoms with E-state index in [4.69, 9.17) is 0 Å². The first-order valence-corrected chi connectivity index (χ1v) is 9.10. The van der Waals surface area contributed by atoms with E-state index in [1.807, 2.05) is 12.2 Å². The van der Waals surface area contributed by atoms with E-state index in [-0.39, 0.29) is 0 Å². The Balaban J connectivity index is 2.51. The van der Waals surface area contributed by atoms with Crippen LogP contribution in [0.25, 0.3) is 0 Å². The Labute approximate surface area is 159 Å². The number of para-hydroxylation sites is 2. The highest BCUT2D eigenvalue weighted by Gasteiger charge is 2.18. The van der Waals surface area contributed by atoms with E-state index in [1.54, 1.807) is 0 Å². The summed E-state index contributed by atoms with van der Waals surface area (Å²) in [7, 11) is 0. The summed E-state index contributed by atoms with van der Waals surface area (Å²) >= 11 is 4.75. The minimum Gasteiger partial charge on any atom is -0.280 e. The molecule has 0 aliphatic carbocycles. The molecule has 0 fully saturated rings. The summed E-state index contributed by atoms with van der Waals surface area (Å²) in [6, 6.07) is 16.8. The molecule has 0 atom stereocenters. The molecule has 0 radical (unpaired) electrons. The zero-order chi connectivity index (χ0) is 15.9. The van der Waals surface area contributed by atoms with E-state index in [2.05, 4.69) is 117 Å². The molecule has 0 heterocycles. The van der Waals surface area contributed by atoms with Crippen LogP contribution in [0.3, 0.4) is 0 Å². The molecule has 0 bridgehead atoms. The maximum atomic E-state index is 3.92. The van der Waals surface area contributed by atoms with Gasteiger partial charge in [-0.3, -0.25) is 10.0 Å². The first kappa shape index (κ1) is 17.3. The van der Waals surface area contributed by atoms with Crippen LogP contribution in [0.2, 0.25) is 0 Å². The third-order valence-electron chi connectivity index (χ3n) is 3.16. The third kappa shape index (κ3) is 4.04. The van der Waals surface area contributed by atoms with Crippen LogP contribution in [0.5, 0.6) is 0 Å². The van der Waals surface area contributed by atoms with Gasteiger partial charge in [-0.15, -0.1) is 13.2 Å². The van der Waals surface area contributed by atoms with E-state index in [0.29, 0.717) is 0 Å². The van der Waals surface area contributed by atoms with Gasteiger partial charge in [0.15, 0.2) is 0 Å². The Kier molecular flexibility index (Phi) is 6.75. The molecule has 114 valence electrons. The van der Waals surface area contributed by atoms with Crippen molar-refractivity contribution in [2.45, 2.75) is 0 Å². The number of benzene rings is 2. The number of hydrogen-bond donors (Lipinski definition) is 0. The Morgan fingerprint density at radius 2 is 1.09 bits per heavy atom. The maximum absolute atomic E-state index is 3.92. The van der Waals surface area contributed by atoms with E-state index < -0.39 is 0 Å². The van der Waals surface area contributed by atoms with Crippen molar-refractivity contribution in [1.29, 1.82) is 0 Å². The lowest BCUT2D eigenvalue weighted by Crippen LogP contribution is -2.44. The van der Waals surface area contributed by atoms with Crippen molar-refractivity contribution >= 4 is 56.6 Å². The highest BCUT2D eigenvalue weighted by atomic mass is 127. The summed E-state index contributed by atoms with van der Waals surface area (Å²) in [5.74, 6) is 0. The number of rotatable bonds is 7. The van der Waals surface area contributed by atoms with Crippen LogP contribution in [0, 0.1) is 7.14 Å². The first-order chi connectivity index (χ1) is 10.7. The van der Waals surface area contributed by atoms with Gasteiger partial charge in [-0.05, 0) is 69.4 Å². The number of hydrazine groups is 1. The van der Waals surface area contributed by atoms with Crippen LogP contribution >= 0.6 is 45.2 Å². The molecule has 0 saturated heterocycles. The lowest BCUT2D eigenvalue weighted by atomic mass is 10.3. The Bertz CT molecular complexity index is 598. The number of hydrogen-bond acceptors (Lipinski definition) is 2. The van der Waals surface area contributed by atoms with Gasteiger partial charge in [0.2, 0.25) is 0 Å². The van der Waals surface area contributed by atoms with Gasteiger partial charge in [0, 0.05) is 7.14 Å². The van der Waals surface area contributed by atoms with Crippen molar-refractivity contribution in [3.05, 3.63) is 81.0 Å². The predicted octanol–water partition coefficient (Wildman–Crippen LogP) is 5.50. The van der Waals surface area contributed by atoms with Crippen molar-refractivity contribution in [1.82, 2.24) is 0 Å². The van der Waals surface area contributed by atoms with Crippen LogP contribution < -0.4 is 10.0 Å². The molecule has 4 heteroatoms. The minimum atomic E-state index is 0.735. The fourth-order valence-electron chi connectivity index (χ4n) is 2.22. The van der Waals surface area contributed by atoms with Crippen molar-refractivity contribution in [2.24, 2.45) is 0 Å². The zero-order valence-electron chi connectivity index (χ0n) is 12.3. The average molecular weight is 516 g/mol. The average Bonchev–Trinajstić information content (AvgIpc) is 2.52. The lowest BCUT2D eigenvalue weighted by molar-refractivity contribution is 0.798. The highest BCUT2D eigenvalue weighted by molar-refractivity contribution is 14.1. The van der Waals surface area contributed by atoms with Gasteiger partial charge >= 0.3 is 0 Å². The van der Waals surface area contributed by atoms with Crippen molar-refractivity contribution in [2.75, 3.05) is 23.1 Å². The molecule has 0 aliphatic rings. The van der Waals surface area contributed by atoms with E-state index in [1.165, 1.54) is 18.5 Å². The summed E-state index contributed by atoms with van der Waals surface area (Å²) < 4.78 is 2.42. The first-order valence-electron chi connectivity index (χ1n) is 6.95. The van der Waals surface area contributed by atoms with Gasteiger partial charge in [-0.2, -0.15) is 0 Å². The molecule has 2 aromatic carbocycles. The van der Waals surface area contributed by atoms with Crippen LogP contribution in [0.1, 0.15) is 0 Å². The second kappa shape index (κ2) is 8.57. The summed E-state index contributed by atoms with van der Waals surface area (Å²) in [4.78, 5) is 0. The normalized spacial score (nSPS) is 10.1. The molecule has 2 aromatic rings. The molecule has 0 aromatic heterocycles. The number of halogens is 2. The van der Waals surface area contributed by atoms with Crippen molar-refractivity contribution in [3.8, 4) is 0 Å². The topological polar surface area (TPSA) is 6.48 Å². The summed E-state index contributed by atoms with van der Waals surface area (Å²) in [5.41, 5.74) is 2.34. The van der Waals surface area contributed by atoms with Gasteiger partial charge in [-0.1, -0.05) is 36.4 Å². The van der Waals surface area contributed by atoms with E-state index in [9.17, 15) is 0 Å². The summed E-state index contributed by atoms with van der Waals surface area (Å²) in [6.07, 6.45) is 3.85. The zero-order valence-corrected chi connectivity index (χ0v) is 16.6. The molecule has 0 spiro atoms. The summed E-state index contributed by atoms with van der Waals surface area (Å²) in [6.45, 7) is 9.30. The Morgan fingerprint density at radius 3 is 1.41 bits per heavy atom. The Hall–Kier alpha value is -1.02. The molecule has 22 heavy (non-hydrogen) atoms. The monoisotopic (exact) mass is 516 g/mol.